The van der Waals surface area contributed by atoms with Crippen LogP contribution in [0.15, 0.2) is 0 Å². The van der Waals surface area contributed by atoms with Crippen LogP contribution >= 0.6 is 0 Å². The summed E-state index contributed by atoms with van der Waals surface area (Å²) in [6.07, 6.45) is 26.6. The topological polar surface area (TPSA) is 0 Å². The third-order valence-electron chi connectivity index (χ3n) is 4.56. The van der Waals surface area contributed by atoms with E-state index in [9.17, 15) is 0 Å². The van der Waals surface area contributed by atoms with E-state index in [4.69, 9.17) is 0 Å². The summed E-state index contributed by atoms with van der Waals surface area (Å²) in [6.45, 7) is 2.30. The van der Waals surface area contributed by atoms with Gasteiger partial charge in [0.25, 0.3) is 0 Å². The molecule has 0 N–H and O–H groups in total. The van der Waals surface area contributed by atoms with Crippen molar-refractivity contribution >= 4 is 16.9 Å². The number of rotatable bonds is 18. The molecule has 128 valence electrons. The van der Waals surface area contributed by atoms with Crippen LogP contribution in [0, 0.1) is 0 Å². The molecule has 1 unspecified atom stereocenters. The molecule has 0 nitrogen and oxygen atoms in total. The van der Waals surface area contributed by atoms with Crippen LogP contribution in [0.5, 0.6) is 0 Å². The fourth-order valence-electron chi connectivity index (χ4n) is 3.05. The Kier molecular flexibility index (Phi) is 21.1. The maximum absolute atomic E-state index is 2.30. The Morgan fingerprint density at radius 2 is 0.619 bits per heavy atom. The van der Waals surface area contributed by atoms with Crippen molar-refractivity contribution < 1.29 is 0 Å². The van der Waals surface area contributed by atoms with E-state index in [1.165, 1.54) is 121 Å². The molecule has 1 heteroatoms. The van der Waals surface area contributed by atoms with Crippen molar-refractivity contribution in [3.05, 3.63) is 0 Å². The molecule has 0 aromatic rings. The van der Waals surface area contributed by atoms with Crippen LogP contribution in [0.1, 0.15) is 122 Å². The van der Waals surface area contributed by atoms with Crippen LogP contribution < -0.4 is 0 Å². The van der Waals surface area contributed by atoms with Gasteiger partial charge in [0.15, 0.2) is 0 Å². The molecule has 0 spiro atoms. The van der Waals surface area contributed by atoms with Gasteiger partial charge in [-0.05, 0) is 0 Å². The van der Waals surface area contributed by atoms with Crippen molar-refractivity contribution in [3.63, 3.8) is 0 Å². The zero-order valence-corrected chi connectivity index (χ0v) is 17.4. The molecule has 1 atom stereocenters. The molecule has 0 saturated carbocycles. The number of hydrogen-bond donors (Lipinski definition) is 0. The first-order valence-corrected chi connectivity index (χ1v) is 11.8. The van der Waals surface area contributed by atoms with Gasteiger partial charge in [0.2, 0.25) is 0 Å². The summed E-state index contributed by atoms with van der Waals surface area (Å²) in [7, 11) is 0. The van der Waals surface area contributed by atoms with Crippen molar-refractivity contribution in [1.29, 1.82) is 0 Å². The minimum absolute atomic E-state index is 1.37. The molecule has 0 aromatic carbocycles. The molecule has 0 fully saturated rings. The molecule has 0 bridgehead atoms. The Labute approximate surface area is 144 Å². The average molecular weight is 358 g/mol. The van der Waals surface area contributed by atoms with Crippen molar-refractivity contribution in [2.45, 2.75) is 128 Å². The first kappa shape index (κ1) is 21.6. The Morgan fingerprint density at radius 3 is 0.857 bits per heavy atom. The van der Waals surface area contributed by atoms with Gasteiger partial charge in [0, 0.05) is 0 Å². The second-order valence-corrected chi connectivity index (χ2v) is 8.01. The number of unbranched alkanes of at least 4 members (excludes halogenated alkanes) is 17. The van der Waals surface area contributed by atoms with Crippen molar-refractivity contribution in [2.24, 2.45) is 0 Å². The van der Waals surface area contributed by atoms with Gasteiger partial charge in [0.05, 0.1) is 0 Å². The molecular formula is C20H43As. The molecule has 0 aromatic heterocycles. The van der Waals surface area contributed by atoms with Gasteiger partial charge in [-0.3, -0.25) is 0 Å². The molecule has 0 radical (unpaired) electrons. The Hall–Kier alpha value is 0.558. The first-order valence-electron chi connectivity index (χ1n) is 10.1. The third-order valence-corrected chi connectivity index (χ3v) is 5.41. The van der Waals surface area contributed by atoms with Gasteiger partial charge in [-0.1, -0.05) is 51.9 Å². The summed E-state index contributed by atoms with van der Waals surface area (Å²) in [6, 6.07) is 0. The van der Waals surface area contributed by atoms with Gasteiger partial charge in [0.1, 0.15) is 0 Å². The van der Waals surface area contributed by atoms with E-state index >= 15 is 0 Å². The van der Waals surface area contributed by atoms with E-state index < -0.39 is 0 Å². The summed E-state index contributed by atoms with van der Waals surface area (Å²) in [5.41, 5.74) is 0. The van der Waals surface area contributed by atoms with E-state index in [1.807, 2.05) is 16.9 Å². The summed E-state index contributed by atoms with van der Waals surface area (Å²) in [4.78, 5) is 0. The Morgan fingerprint density at radius 1 is 0.381 bits per heavy atom. The van der Waals surface area contributed by atoms with E-state index in [0.29, 0.717) is 0 Å². The van der Waals surface area contributed by atoms with E-state index in [0.717, 1.165) is 0 Å². The molecule has 0 aliphatic carbocycles. The minimum atomic E-state index is 1.37. The zero-order valence-electron chi connectivity index (χ0n) is 15.0. The van der Waals surface area contributed by atoms with Crippen molar-refractivity contribution in [2.75, 3.05) is 0 Å². The summed E-state index contributed by atoms with van der Waals surface area (Å²) < 4.78 is 0. The van der Waals surface area contributed by atoms with Crippen LogP contribution in [-0.4, -0.2) is 16.9 Å². The first-order chi connectivity index (χ1) is 10.4. The van der Waals surface area contributed by atoms with E-state index in [1.54, 1.807) is 0 Å². The standard InChI is InChI=1S/C20H43As/c1-2-3-4-5-6-7-8-9-10-11-12-13-14-15-16-17-18-19-20-21/h2-21H2,1H3. The Balaban J connectivity index is 2.90. The second kappa shape index (κ2) is 20.6. The van der Waals surface area contributed by atoms with Crippen LogP contribution in [0.4, 0.5) is 0 Å². The van der Waals surface area contributed by atoms with Gasteiger partial charge in [-0.15, -0.1) is 0 Å². The predicted octanol–water partition coefficient (Wildman–Crippen LogP) is 7.08. The van der Waals surface area contributed by atoms with Crippen molar-refractivity contribution in [1.82, 2.24) is 0 Å². The van der Waals surface area contributed by atoms with Crippen molar-refractivity contribution in [3.8, 4) is 0 Å². The SMILES string of the molecule is CCCCCCCCCCCCCCCCCCCC[AsH2]. The second-order valence-electron chi connectivity index (χ2n) is 6.80. The molecular weight excluding hydrogens is 315 g/mol. The normalized spacial score (nSPS) is 11.1. The Bertz CT molecular complexity index is 149. The molecule has 0 saturated heterocycles. The van der Waals surface area contributed by atoms with Crippen LogP contribution in [0.25, 0.3) is 0 Å². The average Bonchev–Trinajstić information content (AvgIpc) is 2.50. The summed E-state index contributed by atoms with van der Waals surface area (Å²) >= 11 is 1.90. The molecule has 0 heterocycles. The molecule has 0 aliphatic heterocycles. The van der Waals surface area contributed by atoms with E-state index in [2.05, 4.69) is 6.92 Å². The fourth-order valence-corrected chi connectivity index (χ4v) is 3.65. The van der Waals surface area contributed by atoms with Crippen LogP contribution in [-0.2, 0) is 0 Å². The van der Waals surface area contributed by atoms with Gasteiger partial charge in [-0.25, -0.2) is 0 Å². The zero-order chi connectivity index (χ0) is 15.4. The maximum atomic E-state index is 2.30. The molecule has 0 amide bonds. The predicted molar refractivity (Wildman–Crippen MR) is 102 cm³/mol. The molecule has 0 rings (SSSR count). The quantitative estimate of drug-likeness (QED) is 0.181. The summed E-state index contributed by atoms with van der Waals surface area (Å²) in [5, 5.41) is 1.44. The van der Waals surface area contributed by atoms with Gasteiger partial charge in [-0.2, -0.15) is 0 Å². The third kappa shape index (κ3) is 20.6. The van der Waals surface area contributed by atoms with Gasteiger partial charge >= 0.3 is 92.7 Å². The molecule has 21 heavy (non-hydrogen) atoms. The number of hydrogen-bond acceptors (Lipinski definition) is 0. The monoisotopic (exact) mass is 358 g/mol. The molecule has 0 aliphatic rings. The van der Waals surface area contributed by atoms with Crippen LogP contribution in [0.2, 0.25) is 5.21 Å². The van der Waals surface area contributed by atoms with Crippen LogP contribution in [0.3, 0.4) is 0 Å². The van der Waals surface area contributed by atoms with Gasteiger partial charge < -0.3 is 0 Å². The summed E-state index contributed by atoms with van der Waals surface area (Å²) in [5.74, 6) is 0. The fraction of sp³-hybridized carbons (Fsp3) is 1.00. The van der Waals surface area contributed by atoms with E-state index in [-0.39, 0.29) is 0 Å².